The standard InChI is InChI=1S/C26H30/c1-3-5-7-8-10-12-24-15-19-26(20-16-24)22-21-25-17-13-23(14-18-25)11-9-6-4-2/h13-20H,3-9,11H2,1-2H3. The zero-order chi connectivity index (χ0) is 18.5. The Bertz CT molecular complexity index is 755. The van der Waals surface area contributed by atoms with Gasteiger partial charge in [-0.15, -0.1) is 0 Å². The summed E-state index contributed by atoms with van der Waals surface area (Å²) in [5.74, 6) is 13.0. The van der Waals surface area contributed by atoms with Gasteiger partial charge in [-0.2, -0.15) is 0 Å². The van der Waals surface area contributed by atoms with E-state index in [0.29, 0.717) is 0 Å². The van der Waals surface area contributed by atoms with Crippen LogP contribution in [0.3, 0.4) is 0 Å². The molecule has 0 aromatic heterocycles. The lowest BCUT2D eigenvalue weighted by Gasteiger charge is -2.00. The van der Waals surface area contributed by atoms with Gasteiger partial charge in [0.05, 0.1) is 0 Å². The van der Waals surface area contributed by atoms with Gasteiger partial charge in [0.25, 0.3) is 0 Å². The molecule has 134 valence electrons. The van der Waals surface area contributed by atoms with Crippen LogP contribution in [0.25, 0.3) is 0 Å². The Morgan fingerprint density at radius 3 is 1.65 bits per heavy atom. The highest BCUT2D eigenvalue weighted by molar-refractivity contribution is 5.46. The number of unbranched alkanes of at least 4 members (excludes halogenated alkanes) is 5. The molecule has 0 bridgehead atoms. The number of aryl methyl sites for hydroxylation is 1. The molecule has 0 heteroatoms. The quantitative estimate of drug-likeness (QED) is 0.385. The Balaban J connectivity index is 1.89. The lowest BCUT2D eigenvalue weighted by atomic mass is 10.1. The predicted octanol–water partition coefficient (Wildman–Crippen LogP) is 6.75. The fourth-order valence-electron chi connectivity index (χ4n) is 2.74. The summed E-state index contributed by atoms with van der Waals surface area (Å²) in [7, 11) is 0. The summed E-state index contributed by atoms with van der Waals surface area (Å²) in [6.07, 6.45) is 9.72. The van der Waals surface area contributed by atoms with Crippen LogP contribution in [0.2, 0.25) is 0 Å². The van der Waals surface area contributed by atoms with Crippen molar-refractivity contribution in [1.29, 1.82) is 0 Å². The molecule has 0 N–H and O–H groups in total. The maximum atomic E-state index is 3.26. The minimum Gasteiger partial charge on any atom is -0.0979 e. The van der Waals surface area contributed by atoms with Gasteiger partial charge in [0, 0.05) is 23.1 Å². The molecule has 0 saturated carbocycles. The summed E-state index contributed by atoms with van der Waals surface area (Å²) < 4.78 is 0. The number of hydrogen-bond donors (Lipinski definition) is 0. The van der Waals surface area contributed by atoms with E-state index in [1.165, 1.54) is 50.5 Å². The van der Waals surface area contributed by atoms with Gasteiger partial charge in [0.1, 0.15) is 0 Å². The van der Waals surface area contributed by atoms with Gasteiger partial charge in [-0.05, 0) is 61.2 Å². The van der Waals surface area contributed by atoms with E-state index < -0.39 is 0 Å². The summed E-state index contributed by atoms with van der Waals surface area (Å²) in [5, 5.41) is 0. The largest absolute Gasteiger partial charge is 0.0979 e. The van der Waals surface area contributed by atoms with E-state index in [4.69, 9.17) is 0 Å². The van der Waals surface area contributed by atoms with Crippen molar-refractivity contribution >= 4 is 0 Å². The molecule has 2 aromatic carbocycles. The lowest BCUT2D eigenvalue weighted by molar-refractivity contribution is 0.717. The average Bonchev–Trinajstić information content (AvgIpc) is 2.68. The van der Waals surface area contributed by atoms with E-state index in [-0.39, 0.29) is 0 Å². The van der Waals surface area contributed by atoms with Crippen molar-refractivity contribution in [2.24, 2.45) is 0 Å². The van der Waals surface area contributed by atoms with Gasteiger partial charge in [0.2, 0.25) is 0 Å². The van der Waals surface area contributed by atoms with E-state index in [9.17, 15) is 0 Å². The van der Waals surface area contributed by atoms with Gasteiger partial charge in [-0.25, -0.2) is 0 Å². The van der Waals surface area contributed by atoms with Crippen LogP contribution < -0.4 is 0 Å². The van der Waals surface area contributed by atoms with Crippen molar-refractivity contribution in [1.82, 2.24) is 0 Å². The van der Waals surface area contributed by atoms with Crippen molar-refractivity contribution in [2.45, 2.75) is 65.2 Å². The van der Waals surface area contributed by atoms with Crippen LogP contribution in [0, 0.1) is 23.7 Å². The third kappa shape index (κ3) is 7.63. The molecule has 0 amide bonds. The highest BCUT2D eigenvalue weighted by atomic mass is 14.0. The van der Waals surface area contributed by atoms with Crippen molar-refractivity contribution in [2.75, 3.05) is 0 Å². The van der Waals surface area contributed by atoms with Crippen LogP contribution in [-0.2, 0) is 6.42 Å². The van der Waals surface area contributed by atoms with E-state index >= 15 is 0 Å². The second-order valence-electron chi connectivity index (χ2n) is 6.74. The monoisotopic (exact) mass is 342 g/mol. The van der Waals surface area contributed by atoms with E-state index in [2.05, 4.69) is 86.1 Å². The maximum Gasteiger partial charge on any atom is 0.0249 e. The molecule has 0 unspecified atom stereocenters. The molecule has 2 aromatic rings. The molecular formula is C26H30. The SMILES string of the molecule is CCCCCC#Cc1ccc(C#Cc2ccc(CCCCC)cc2)cc1. The van der Waals surface area contributed by atoms with Gasteiger partial charge in [-0.3, -0.25) is 0 Å². The zero-order valence-corrected chi connectivity index (χ0v) is 16.3. The Labute approximate surface area is 160 Å². The third-order valence-corrected chi connectivity index (χ3v) is 4.40. The smallest absolute Gasteiger partial charge is 0.0249 e. The molecule has 0 heterocycles. The second-order valence-corrected chi connectivity index (χ2v) is 6.74. The van der Waals surface area contributed by atoms with Crippen molar-refractivity contribution in [3.63, 3.8) is 0 Å². The van der Waals surface area contributed by atoms with Crippen LogP contribution in [0.5, 0.6) is 0 Å². The van der Waals surface area contributed by atoms with Crippen LogP contribution in [0.1, 0.15) is 81.0 Å². The zero-order valence-electron chi connectivity index (χ0n) is 16.3. The summed E-state index contributed by atoms with van der Waals surface area (Å²) >= 11 is 0. The Hall–Kier alpha value is -2.44. The molecule has 0 spiro atoms. The van der Waals surface area contributed by atoms with E-state index in [1.54, 1.807) is 0 Å². The van der Waals surface area contributed by atoms with Gasteiger partial charge >= 0.3 is 0 Å². The van der Waals surface area contributed by atoms with Gasteiger partial charge in [0.15, 0.2) is 0 Å². The highest BCUT2D eigenvalue weighted by Gasteiger charge is 1.94. The summed E-state index contributed by atoms with van der Waals surface area (Å²) in [4.78, 5) is 0. The van der Waals surface area contributed by atoms with Crippen LogP contribution in [0.4, 0.5) is 0 Å². The van der Waals surface area contributed by atoms with Gasteiger partial charge in [-0.1, -0.05) is 75.3 Å². The molecule has 2 rings (SSSR count). The van der Waals surface area contributed by atoms with Crippen molar-refractivity contribution in [3.8, 4) is 23.7 Å². The van der Waals surface area contributed by atoms with Crippen LogP contribution >= 0.6 is 0 Å². The normalized spacial score (nSPS) is 9.77. The first-order valence-electron chi connectivity index (χ1n) is 10.0. The molecular weight excluding hydrogens is 312 g/mol. The van der Waals surface area contributed by atoms with Gasteiger partial charge < -0.3 is 0 Å². The topological polar surface area (TPSA) is 0 Å². The number of hydrogen-bond acceptors (Lipinski definition) is 0. The lowest BCUT2D eigenvalue weighted by Crippen LogP contribution is -1.85. The summed E-state index contributed by atoms with van der Waals surface area (Å²) in [5.41, 5.74) is 4.59. The Kier molecular flexibility index (Phi) is 9.18. The fourth-order valence-corrected chi connectivity index (χ4v) is 2.74. The first kappa shape index (κ1) is 19.9. The molecule has 0 atom stereocenters. The molecule has 0 aliphatic carbocycles. The van der Waals surface area contributed by atoms with E-state index in [1.807, 2.05) is 0 Å². The molecule has 0 fully saturated rings. The van der Waals surface area contributed by atoms with Crippen LogP contribution in [0.15, 0.2) is 48.5 Å². The minimum atomic E-state index is 0.990. The van der Waals surface area contributed by atoms with Crippen molar-refractivity contribution in [3.05, 3.63) is 70.8 Å². The van der Waals surface area contributed by atoms with Crippen LogP contribution in [-0.4, -0.2) is 0 Å². The molecule has 0 saturated heterocycles. The minimum absolute atomic E-state index is 0.990. The first-order chi connectivity index (χ1) is 12.8. The maximum absolute atomic E-state index is 3.26. The number of rotatable bonds is 7. The Morgan fingerprint density at radius 2 is 1.08 bits per heavy atom. The second kappa shape index (κ2) is 12.0. The summed E-state index contributed by atoms with van der Waals surface area (Å²) in [6.45, 7) is 4.46. The molecule has 0 aliphatic rings. The van der Waals surface area contributed by atoms with E-state index in [0.717, 1.165) is 23.1 Å². The molecule has 0 radical (unpaired) electrons. The fraction of sp³-hybridized carbons (Fsp3) is 0.385. The predicted molar refractivity (Wildman–Crippen MR) is 113 cm³/mol. The summed E-state index contributed by atoms with van der Waals surface area (Å²) in [6, 6.07) is 16.9. The molecule has 0 aliphatic heterocycles. The molecule has 26 heavy (non-hydrogen) atoms. The number of benzene rings is 2. The van der Waals surface area contributed by atoms with Crippen molar-refractivity contribution < 1.29 is 0 Å². The highest BCUT2D eigenvalue weighted by Crippen LogP contribution is 2.09. The first-order valence-corrected chi connectivity index (χ1v) is 10.0. The molecule has 0 nitrogen and oxygen atoms in total. The average molecular weight is 343 g/mol. The Morgan fingerprint density at radius 1 is 0.577 bits per heavy atom. The third-order valence-electron chi connectivity index (χ3n) is 4.40.